The normalized spacial score (nSPS) is 18.5. The maximum absolute atomic E-state index is 11.2. The summed E-state index contributed by atoms with van der Waals surface area (Å²) in [5.74, 6) is 0.268. The van der Waals surface area contributed by atoms with Crippen molar-refractivity contribution in [3.8, 4) is 0 Å². The summed E-state index contributed by atoms with van der Waals surface area (Å²) in [4.78, 5) is 13.0. The molecule has 0 aromatic heterocycles. The van der Waals surface area contributed by atoms with Gasteiger partial charge in [0.1, 0.15) is 0 Å². The molecule has 0 aromatic rings. The van der Waals surface area contributed by atoms with Crippen molar-refractivity contribution >= 4 is 5.91 Å². The molecule has 2 nitrogen and oxygen atoms in total. The third kappa shape index (κ3) is 1.82. The summed E-state index contributed by atoms with van der Waals surface area (Å²) in [7, 11) is 0. The Labute approximate surface area is 67.9 Å². The van der Waals surface area contributed by atoms with Crippen molar-refractivity contribution in [1.82, 2.24) is 4.90 Å². The minimum absolute atomic E-state index is 0.268. The van der Waals surface area contributed by atoms with E-state index in [2.05, 4.69) is 6.92 Å². The molecule has 0 aromatic carbocycles. The van der Waals surface area contributed by atoms with E-state index in [1.165, 1.54) is 5.57 Å². The van der Waals surface area contributed by atoms with Crippen molar-refractivity contribution in [1.29, 1.82) is 0 Å². The van der Waals surface area contributed by atoms with Gasteiger partial charge in [-0.05, 0) is 19.8 Å². The van der Waals surface area contributed by atoms with E-state index in [1.807, 2.05) is 18.0 Å². The first-order valence-electron chi connectivity index (χ1n) is 4.27. The molecular weight excluding hydrogens is 138 g/mol. The predicted octanol–water partition coefficient (Wildman–Crippen LogP) is 1.92. The van der Waals surface area contributed by atoms with Crippen LogP contribution in [0.5, 0.6) is 0 Å². The van der Waals surface area contributed by atoms with Crippen LogP contribution in [0.25, 0.3) is 0 Å². The highest BCUT2D eigenvalue weighted by molar-refractivity contribution is 5.78. The molecule has 0 bridgehead atoms. The van der Waals surface area contributed by atoms with Crippen LogP contribution in [-0.2, 0) is 4.79 Å². The fraction of sp³-hybridized carbons (Fsp3) is 0.667. The van der Waals surface area contributed by atoms with Gasteiger partial charge in [0.05, 0.1) is 0 Å². The number of carbonyl (C=O) groups is 1. The molecule has 0 spiro atoms. The molecule has 0 radical (unpaired) electrons. The van der Waals surface area contributed by atoms with E-state index >= 15 is 0 Å². The fourth-order valence-corrected chi connectivity index (χ4v) is 1.30. The Morgan fingerprint density at radius 3 is 2.73 bits per heavy atom. The summed E-state index contributed by atoms with van der Waals surface area (Å²) in [6.45, 7) is 4.95. The Balaban J connectivity index is 2.67. The molecule has 0 atom stereocenters. The Morgan fingerprint density at radius 2 is 2.18 bits per heavy atom. The van der Waals surface area contributed by atoms with E-state index in [-0.39, 0.29) is 5.91 Å². The van der Waals surface area contributed by atoms with Gasteiger partial charge in [0, 0.05) is 19.2 Å². The van der Waals surface area contributed by atoms with Crippen LogP contribution in [0.2, 0.25) is 0 Å². The first kappa shape index (κ1) is 8.31. The Bertz CT molecular complexity index is 184. The van der Waals surface area contributed by atoms with Gasteiger partial charge in [0.15, 0.2) is 0 Å². The van der Waals surface area contributed by atoms with Gasteiger partial charge in [0.25, 0.3) is 0 Å². The number of amides is 1. The molecule has 0 aliphatic carbocycles. The largest absolute Gasteiger partial charge is 0.319 e. The molecule has 1 heterocycles. The number of carbonyl (C=O) groups excluding carboxylic acids is 1. The van der Waals surface area contributed by atoms with E-state index < -0.39 is 0 Å². The third-order valence-corrected chi connectivity index (χ3v) is 2.11. The number of hydrogen-bond donors (Lipinski definition) is 0. The monoisotopic (exact) mass is 153 g/mol. The Morgan fingerprint density at radius 1 is 1.45 bits per heavy atom. The standard InChI is InChI=1S/C9H15NO/c1-3-8-5-6-9(11)10(4-2)7-8/h7H,3-6H2,1-2H3. The van der Waals surface area contributed by atoms with Crippen LogP contribution in [-0.4, -0.2) is 17.4 Å². The molecule has 0 unspecified atom stereocenters. The van der Waals surface area contributed by atoms with Gasteiger partial charge in [-0.3, -0.25) is 4.79 Å². The number of nitrogens with zero attached hydrogens (tertiary/aromatic N) is 1. The van der Waals surface area contributed by atoms with Gasteiger partial charge in [-0.15, -0.1) is 0 Å². The highest BCUT2D eigenvalue weighted by Gasteiger charge is 2.15. The smallest absolute Gasteiger partial charge is 0.226 e. The molecule has 1 aliphatic rings. The van der Waals surface area contributed by atoms with Crippen molar-refractivity contribution in [2.24, 2.45) is 0 Å². The van der Waals surface area contributed by atoms with Gasteiger partial charge in [-0.25, -0.2) is 0 Å². The third-order valence-electron chi connectivity index (χ3n) is 2.11. The average Bonchev–Trinajstić information content (AvgIpc) is 2.05. The summed E-state index contributed by atoms with van der Waals surface area (Å²) in [6.07, 6.45) is 4.74. The maximum Gasteiger partial charge on any atom is 0.226 e. The van der Waals surface area contributed by atoms with Crippen molar-refractivity contribution in [3.63, 3.8) is 0 Å². The zero-order valence-electron chi connectivity index (χ0n) is 7.26. The Hall–Kier alpha value is -0.790. The van der Waals surface area contributed by atoms with Gasteiger partial charge < -0.3 is 4.90 Å². The van der Waals surface area contributed by atoms with Gasteiger partial charge >= 0.3 is 0 Å². The van der Waals surface area contributed by atoms with Gasteiger partial charge in [-0.2, -0.15) is 0 Å². The van der Waals surface area contributed by atoms with Crippen LogP contribution in [0.15, 0.2) is 11.8 Å². The minimum Gasteiger partial charge on any atom is -0.319 e. The van der Waals surface area contributed by atoms with Crippen molar-refractivity contribution in [3.05, 3.63) is 11.8 Å². The van der Waals surface area contributed by atoms with Crippen molar-refractivity contribution < 1.29 is 4.79 Å². The highest BCUT2D eigenvalue weighted by atomic mass is 16.2. The van der Waals surface area contributed by atoms with Gasteiger partial charge in [-0.1, -0.05) is 12.5 Å². The molecular formula is C9H15NO. The average molecular weight is 153 g/mol. The molecule has 0 fully saturated rings. The van der Waals surface area contributed by atoms with E-state index in [0.717, 1.165) is 19.4 Å². The molecule has 11 heavy (non-hydrogen) atoms. The maximum atomic E-state index is 11.2. The molecule has 0 saturated heterocycles. The lowest BCUT2D eigenvalue weighted by atomic mass is 10.1. The zero-order chi connectivity index (χ0) is 8.27. The molecule has 1 aliphatic heterocycles. The first-order chi connectivity index (χ1) is 5.27. The summed E-state index contributed by atoms with van der Waals surface area (Å²) in [6, 6.07) is 0. The van der Waals surface area contributed by atoms with Crippen LogP contribution in [0.4, 0.5) is 0 Å². The van der Waals surface area contributed by atoms with Gasteiger partial charge in [0.2, 0.25) is 5.91 Å². The number of rotatable bonds is 2. The van der Waals surface area contributed by atoms with Crippen LogP contribution >= 0.6 is 0 Å². The Kier molecular flexibility index (Phi) is 2.69. The second-order valence-electron chi connectivity index (χ2n) is 2.82. The molecule has 1 amide bonds. The molecule has 62 valence electrons. The number of allylic oxidation sites excluding steroid dienone is 1. The number of hydrogen-bond acceptors (Lipinski definition) is 1. The second kappa shape index (κ2) is 3.56. The van der Waals surface area contributed by atoms with Crippen molar-refractivity contribution in [2.75, 3.05) is 6.54 Å². The molecule has 0 N–H and O–H groups in total. The minimum atomic E-state index is 0.268. The first-order valence-corrected chi connectivity index (χ1v) is 4.27. The van der Waals surface area contributed by atoms with E-state index in [9.17, 15) is 4.79 Å². The summed E-state index contributed by atoms with van der Waals surface area (Å²) in [5, 5.41) is 0. The summed E-state index contributed by atoms with van der Waals surface area (Å²) in [5.41, 5.74) is 1.39. The summed E-state index contributed by atoms with van der Waals surface area (Å²) >= 11 is 0. The predicted molar refractivity (Wildman–Crippen MR) is 45.0 cm³/mol. The lowest BCUT2D eigenvalue weighted by Crippen LogP contribution is -2.28. The summed E-state index contributed by atoms with van der Waals surface area (Å²) < 4.78 is 0. The zero-order valence-corrected chi connectivity index (χ0v) is 7.26. The van der Waals surface area contributed by atoms with Crippen LogP contribution in [0, 0.1) is 0 Å². The fourth-order valence-electron chi connectivity index (χ4n) is 1.30. The lowest BCUT2D eigenvalue weighted by Gasteiger charge is -2.22. The topological polar surface area (TPSA) is 20.3 Å². The highest BCUT2D eigenvalue weighted by Crippen LogP contribution is 2.17. The molecule has 0 saturated carbocycles. The quantitative estimate of drug-likeness (QED) is 0.593. The lowest BCUT2D eigenvalue weighted by molar-refractivity contribution is -0.129. The van der Waals surface area contributed by atoms with Crippen molar-refractivity contribution in [2.45, 2.75) is 33.1 Å². The van der Waals surface area contributed by atoms with Crippen LogP contribution < -0.4 is 0 Å². The molecule has 1 rings (SSSR count). The van der Waals surface area contributed by atoms with Crippen LogP contribution in [0.1, 0.15) is 33.1 Å². The van der Waals surface area contributed by atoms with E-state index in [4.69, 9.17) is 0 Å². The molecule has 2 heteroatoms. The van der Waals surface area contributed by atoms with E-state index in [0.29, 0.717) is 6.42 Å². The second-order valence-corrected chi connectivity index (χ2v) is 2.82. The van der Waals surface area contributed by atoms with E-state index in [1.54, 1.807) is 0 Å². The SMILES string of the molecule is CCC1=CN(CC)C(=O)CC1. The van der Waals surface area contributed by atoms with Crippen LogP contribution in [0.3, 0.4) is 0 Å².